The van der Waals surface area contributed by atoms with Crippen molar-refractivity contribution in [2.24, 2.45) is 11.7 Å². The largest absolute Gasteiger partial charge is 0.477 e. The molecule has 1 aliphatic carbocycles. The Morgan fingerprint density at radius 3 is 2.52 bits per heavy atom. The fourth-order valence-corrected chi connectivity index (χ4v) is 4.12. The third-order valence-electron chi connectivity index (χ3n) is 5.82. The van der Waals surface area contributed by atoms with Gasteiger partial charge in [0, 0.05) is 31.4 Å². The number of aromatic nitrogens is 1. The van der Waals surface area contributed by atoms with Gasteiger partial charge in [-0.15, -0.1) is 0 Å². The number of fused-ring (bicyclic) bond motifs is 1. The second kappa shape index (κ2) is 5.95. The lowest BCUT2D eigenvalue weighted by atomic mass is 10.0. The quantitative estimate of drug-likeness (QED) is 0.707. The average molecular weight is 374 g/mol. The molecule has 1 aliphatic heterocycles. The van der Waals surface area contributed by atoms with Gasteiger partial charge in [-0.2, -0.15) is 0 Å². The molecule has 2 aromatic rings. The van der Waals surface area contributed by atoms with Crippen molar-refractivity contribution in [3.8, 4) is 0 Å². The second-order valence-electron chi connectivity index (χ2n) is 7.79. The van der Waals surface area contributed by atoms with Crippen LogP contribution in [-0.4, -0.2) is 34.8 Å². The lowest BCUT2D eigenvalue weighted by Crippen LogP contribution is -2.29. The summed E-state index contributed by atoms with van der Waals surface area (Å²) in [5.74, 6) is -1.80. The van der Waals surface area contributed by atoms with Gasteiger partial charge >= 0.3 is 5.97 Å². The number of anilines is 2. The molecule has 8 heteroatoms. The number of pyridine rings is 1. The first-order chi connectivity index (χ1) is 12.7. The van der Waals surface area contributed by atoms with E-state index in [-0.39, 0.29) is 34.6 Å². The standard InChI is InChI=1S/C19H23FN4O3/c1-8-5-23(7-12(8)21)17-9(2)16-13(15(22)14(17)20)18(25)11(19(26)27)6-24(16)10-3-4-10/h6,8,10,12H,3-5,7,21-22H2,1-2H3,(H,26,27)/t8-,12-/m1/s1. The Morgan fingerprint density at radius 2 is 2.00 bits per heavy atom. The SMILES string of the molecule is Cc1c(N2C[C@@H](C)[C@H](N)C2)c(F)c(N)c2c(=O)c(C(=O)O)cn(C3CC3)c12. The van der Waals surface area contributed by atoms with Gasteiger partial charge in [0.15, 0.2) is 5.82 Å². The summed E-state index contributed by atoms with van der Waals surface area (Å²) >= 11 is 0. The number of nitrogens with two attached hydrogens (primary N) is 2. The van der Waals surface area contributed by atoms with Crippen molar-refractivity contribution < 1.29 is 14.3 Å². The number of hydrogen-bond acceptors (Lipinski definition) is 5. The van der Waals surface area contributed by atoms with Crippen molar-refractivity contribution in [3.63, 3.8) is 0 Å². The van der Waals surface area contributed by atoms with Crippen LogP contribution in [0.15, 0.2) is 11.0 Å². The minimum atomic E-state index is -1.34. The number of hydrogen-bond donors (Lipinski definition) is 3. The van der Waals surface area contributed by atoms with E-state index in [0.717, 1.165) is 12.8 Å². The van der Waals surface area contributed by atoms with Gasteiger partial charge in [-0.3, -0.25) is 4.79 Å². The highest BCUT2D eigenvalue weighted by Crippen LogP contribution is 2.42. The van der Waals surface area contributed by atoms with Crippen LogP contribution in [0.1, 0.15) is 41.7 Å². The van der Waals surface area contributed by atoms with E-state index in [2.05, 4.69) is 0 Å². The highest BCUT2D eigenvalue weighted by atomic mass is 19.1. The Bertz CT molecular complexity index is 1020. The van der Waals surface area contributed by atoms with Gasteiger partial charge in [0.25, 0.3) is 0 Å². The molecule has 0 unspecified atom stereocenters. The molecule has 0 radical (unpaired) electrons. The fourth-order valence-electron chi connectivity index (χ4n) is 4.12. The number of nitrogens with zero attached hydrogens (tertiary/aromatic N) is 2. The normalized spacial score (nSPS) is 22.6. The molecule has 0 bridgehead atoms. The molecule has 1 saturated heterocycles. The van der Waals surface area contributed by atoms with Crippen LogP contribution in [0.4, 0.5) is 15.8 Å². The summed E-state index contributed by atoms with van der Waals surface area (Å²) in [6.07, 6.45) is 3.14. The van der Waals surface area contributed by atoms with Crippen LogP contribution in [0.5, 0.6) is 0 Å². The number of rotatable bonds is 3. The summed E-state index contributed by atoms with van der Waals surface area (Å²) < 4.78 is 17.0. The topological polar surface area (TPSA) is 115 Å². The van der Waals surface area contributed by atoms with Crippen LogP contribution in [0.2, 0.25) is 0 Å². The molecule has 2 atom stereocenters. The minimum absolute atomic E-state index is 0.0444. The first-order valence-corrected chi connectivity index (χ1v) is 9.12. The van der Waals surface area contributed by atoms with Crippen molar-refractivity contribution in [1.29, 1.82) is 0 Å². The van der Waals surface area contributed by atoms with Gasteiger partial charge in [0.05, 0.1) is 22.3 Å². The summed E-state index contributed by atoms with van der Waals surface area (Å²) in [5.41, 5.74) is 12.2. The van der Waals surface area contributed by atoms with E-state index in [1.54, 1.807) is 11.5 Å². The Kier molecular flexibility index (Phi) is 3.92. The monoisotopic (exact) mass is 374 g/mol. The molecule has 2 fully saturated rings. The van der Waals surface area contributed by atoms with Gasteiger partial charge in [-0.05, 0) is 31.2 Å². The van der Waals surface area contributed by atoms with Crippen molar-refractivity contribution >= 4 is 28.2 Å². The second-order valence-corrected chi connectivity index (χ2v) is 7.79. The van der Waals surface area contributed by atoms with Crippen LogP contribution < -0.4 is 21.8 Å². The molecular weight excluding hydrogens is 351 g/mol. The molecule has 7 nitrogen and oxygen atoms in total. The van der Waals surface area contributed by atoms with Crippen LogP contribution >= 0.6 is 0 Å². The number of carbonyl (C=O) groups is 1. The minimum Gasteiger partial charge on any atom is -0.477 e. The molecule has 1 aromatic heterocycles. The zero-order valence-corrected chi connectivity index (χ0v) is 15.3. The maximum atomic E-state index is 15.3. The summed E-state index contributed by atoms with van der Waals surface area (Å²) in [4.78, 5) is 26.2. The van der Waals surface area contributed by atoms with Crippen molar-refractivity contribution in [2.45, 2.75) is 38.8 Å². The van der Waals surface area contributed by atoms with Crippen LogP contribution in [0.25, 0.3) is 10.9 Å². The number of nitrogen functional groups attached to an aromatic ring is 1. The number of aryl methyl sites for hydroxylation is 1. The number of carboxylic acids is 1. The number of benzene rings is 1. The van der Waals surface area contributed by atoms with E-state index in [0.29, 0.717) is 29.9 Å². The molecule has 2 aliphatic rings. The molecule has 27 heavy (non-hydrogen) atoms. The van der Waals surface area contributed by atoms with Gasteiger partial charge < -0.3 is 26.0 Å². The zero-order chi connectivity index (χ0) is 19.6. The summed E-state index contributed by atoms with van der Waals surface area (Å²) in [6, 6.07) is 0.0307. The summed E-state index contributed by atoms with van der Waals surface area (Å²) in [7, 11) is 0. The maximum Gasteiger partial charge on any atom is 0.341 e. The predicted molar refractivity (Wildman–Crippen MR) is 102 cm³/mol. The Balaban J connectivity index is 2.07. The highest BCUT2D eigenvalue weighted by molar-refractivity contribution is 6.01. The number of carboxylic acid groups (broad SMARTS) is 1. The van der Waals surface area contributed by atoms with E-state index < -0.39 is 17.2 Å². The molecule has 4 rings (SSSR count). The van der Waals surface area contributed by atoms with Gasteiger partial charge in [-0.25, -0.2) is 9.18 Å². The van der Waals surface area contributed by atoms with Crippen LogP contribution in [0, 0.1) is 18.7 Å². The number of halogens is 1. The number of aromatic carboxylic acids is 1. The lowest BCUT2D eigenvalue weighted by molar-refractivity contribution is 0.0695. The van der Waals surface area contributed by atoms with Gasteiger partial charge in [-0.1, -0.05) is 6.92 Å². The predicted octanol–water partition coefficient (Wildman–Crippen LogP) is 1.85. The van der Waals surface area contributed by atoms with E-state index in [9.17, 15) is 14.7 Å². The van der Waals surface area contributed by atoms with E-state index >= 15 is 4.39 Å². The molecule has 5 N–H and O–H groups in total. The molecular formula is C19H23FN4O3. The van der Waals surface area contributed by atoms with E-state index in [1.165, 1.54) is 6.20 Å². The van der Waals surface area contributed by atoms with E-state index in [4.69, 9.17) is 11.5 Å². The maximum absolute atomic E-state index is 15.3. The van der Waals surface area contributed by atoms with Crippen molar-refractivity contribution in [3.05, 3.63) is 33.4 Å². The molecule has 0 spiro atoms. The molecule has 144 valence electrons. The molecule has 1 aromatic carbocycles. The third-order valence-corrected chi connectivity index (χ3v) is 5.82. The van der Waals surface area contributed by atoms with Crippen molar-refractivity contribution in [1.82, 2.24) is 4.57 Å². The molecule has 1 saturated carbocycles. The van der Waals surface area contributed by atoms with Gasteiger partial charge in [0.2, 0.25) is 5.43 Å². The van der Waals surface area contributed by atoms with Crippen molar-refractivity contribution in [2.75, 3.05) is 23.7 Å². The Hall–Kier alpha value is -2.61. The van der Waals surface area contributed by atoms with Crippen LogP contribution in [-0.2, 0) is 0 Å². The van der Waals surface area contributed by atoms with E-state index in [1.807, 2.05) is 11.8 Å². The Morgan fingerprint density at radius 1 is 1.33 bits per heavy atom. The highest BCUT2D eigenvalue weighted by Gasteiger charge is 2.34. The first kappa shape index (κ1) is 17.8. The Labute approximate surface area is 155 Å². The third kappa shape index (κ3) is 2.58. The summed E-state index contributed by atoms with van der Waals surface area (Å²) in [5, 5.41) is 9.35. The van der Waals surface area contributed by atoms with Gasteiger partial charge in [0.1, 0.15) is 5.56 Å². The molecule has 0 amide bonds. The van der Waals surface area contributed by atoms with Crippen LogP contribution in [0.3, 0.4) is 0 Å². The lowest BCUT2D eigenvalue weighted by Gasteiger charge is -2.25. The fraction of sp³-hybridized carbons (Fsp3) is 0.474. The smallest absolute Gasteiger partial charge is 0.341 e. The first-order valence-electron chi connectivity index (χ1n) is 9.12. The summed E-state index contributed by atoms with van der Waals surface area (Å²) in [6.45, 7) is 4.88. The molecule has 2 heterocycles. The average Bonchev–Trinajstić information content (AvgIpc) is 3.38. The zero-order valence-electron chi connectivity index (χ0n) is 15.3.